The zero-order valence-electron chi connectivity index (χ0n) is 19.8. The van der Waals surface area contributed by atoms with Gasteiger partial charge in [-0.05, 0) is 44.4 Å². The third-order valence-corrected chi connectivity index (χ3v) is 8.92. The molecule has 1 saturated carbocycles. The molecule has 35 heavy (non-hydrogen) atoms. The maximum Gasteiger partial charge on any atom is 0.328 e. The molecule has 1 aliphatic carbocycles. The van der Waals surface area contributed by atoms with Gasteiger partial charge in [0.1, 0.15) is 21.0 Å². The lowest BCUT2D eigenvalue weighted by atomic mass is 10.1. The van der Waals surface area contributed by atoms with Crippen molar-refractivity contribution < 1.29 is 31.3 Å². The van der Waals surface area contributed by atoms with Gasteiger partial charge in [-0.3, -0.25) is 0 Å². The molecule has 1 aliphatic rings. The molecule has 0 unspecified atom stereocenters. The fourth-order valence-electron chi connectivity index (χ4n) is 4.12. The summed E-state index contributed by atoms with van der Waals surface area (Å²) in [5.74, 6) is -5.27. The second-order valence-corrected chi connectivity index (χ2v) is 12.7. The number of aromatic nitrogens is 1. The number of sulfonamides is 1. The molecule has 0 spiro atoms. The number of carbonyl (C=O) groups excluding carboxylic acids is 1. The van der Waals surface area contributed by atoms with Crippen LogP contribution in [0, 0.1) is 5.92 Å². The van der Waals surface area contributed by atoms with Crippen LogP contribution in [0.15, 0.2) is 57.3 Å². The lowest BCUT2D eigenvalue weighted by Gasteiger charge is -2.25. The highest BCUT2D eigenvalue weighted by atomic mass is 32.2. The number of rotatable bonds is 7. The number of ether oxygens (including phenoxy) is 1. The van der Waals surface area contributed by atoms with Crippen molar-refractivity contribution in [1.82, 2.24) is 9.88 Å². The molecule has 0 bridgehead atoms. The van der Waals surface area contributed by atoms with Crippen LogP contribution in [0.25, 0.3) is 10.6 Å². The number of esters is 1. The minimum absolute atomic E-state index is 0.0887. The molecule has 188 valence electrons. The Hall–Kier alpha value is -2.63. The molecule has 3 aromatic rings. The third kappa shape index (κ3) is 4.89. The van der Waals surface area contributed by atoms with Crippen molar-refractivity contribution in [2.45, 2.75) is 61.8 Å². The first kappa shape index (κ1) is 25.5. The summed E-state index contributed by atoms with van der Waals surface area (Å²) in [6, 6.07) is 13.1. The summed E-state index contributed by atoms with van der Waals surface area (Å²) in [5, 5.41) is 3.63. The van der Waals surface area contributed by atoms with Gasteiger partial charge in [0, 0.05) is 18.9 Å². The summed E-state index contributed by atoms with van der Waals surface area (Å²) >= 11 is 0.839. The number of benzene rings is 1. The molecule has 0 saturated heterocycles. The van der Waals surface area contributed by atoms with E-state index >= 15 is 0 Å². The topological polar surface area (TPSA) is 98.5 Å². The fourth-order valence-corrected chi connectivity index (χ4v) is 6.83. The zero-order chi connectivity index (χ0) is 25.8. The van der Waals surface area contributed by atoms with E-state index in [-0.39, 0.29) is 15.8 Å². The Morgan fingerprint density at radius 3 is 2.37 bits per heavy atom. The number of hydrogen-bond donors (Lipinski definition) is 1. The first-order valence-electron chi connectivity index (χ1n) is 10.9. The van der Waals surface area contributed by atoms with Crippen molar-refractivity contribution in [3.63, 3.8) is 0 Å². The highest BCUT2D eigenvalue weighted by molar-refractivity contribution is 7.91. The number of hydrogen-bond acceptors (Lipinski definition) is 7. The van der Waals surface area contributed by atoms with E-state index in [2.05, 4.69) is 9.88 Å². The maximum atomic E-state index is 13.5. The van der Waals surface area contributed by atoms with E-state index in [1.165, 1.54) is 12.1 Å². The molecular weight excluding hydrogens is 498 g/mol. The summed E-state index contributed by atoms with van der Waals surface area (Å²) in [7, 11) is -4.18. The Balaban J connectivity index is 1.66. The highest BCUT2D eigenvalue weighted by Gasteiger charge is 2.71. The smallest absolute Gasteiger partial charge is 0.328 e. The van der Waals surface area contributed by atoms with Crippen LogP contribution in [0.5, 0.6) is 0 Å². The molecule has 0 radical (unpaired) electrons. The largest absolute Gasteiger partial charge is 0.459 e. The number of nitrogens with zero attached hydrogens (tertiary/aromatic N) is 1. The van der Waals surface area contributed by atoms with Gasteiger partial charge in [0.25, 0.3) is 10.0 Å². The Labute approximate surface area is 206 Å². The summed E-state index contributed by atoms with van der Waals surface area (Å²) in [6.07, 6.45) is 0. The van der Waals surface area contributed by atoms with Gasteiger partial charge in [0.15, 0.2) is 0 Å². The van der Waals surface area contributed by atoms with E-state index in [0.717, 1.165) is 23.0 Å². The zero-order valence-corrected chi connectivity index (χ0v) is 21.5. The monoisotopic (exact) mass is 524 g/mol. The number of halogens is 2. The Bertz CT molecular complexity index is 1340. The van der Waals surface area contributed by atoms with E-state index in [9.17, 15) is 22.0 Å². The third-order valence-electron chi connectivity index (χ3n) is 5.84. The van der Waals surface area contributed by atoms with Crippen molar-refractivity contribution in [3.8, 4) is 10.6 Å². The van der Waals surface area contributed by atoms with Gasteiger partial charge >= 0.3 is 11.9 Å². The van der Waals surface area contributed by atoms with Crippen LogP contribution in [0.4, 0.5) is 8.78 Å². The van der Waals surface area contributed by atoms with Crippen LogP contribution < -0.4 is 4.72 Å². The summed E-state index contributed by atoms with van der Waals surface area (Å²) in [5.41, 5.74) is -1.39. The predicted octanol–water partition coefficient (Wildman–Crippen LogP) is 5.31. The van der Waals surface area contributed by atoms with E-state index in [0.29, 0.717) is 11.8 Å². The van der Waals surface area contributed by atoms with Crippen LogP contribution in [-0.4, -0.2) is 30.7 Å². The van der Waals surface area contributed by atoms with Gasteiger partial charge in [-0.25, -0.2) is 13.2 Å². The van der Waals surface area contributed by atoms with Crippen molar-refractivity contribution >= 4 is 27.3 Å². The second-order valence-electron chi connectivity index (χ2n) is 9.74. The molecule has 7 nitrogen and oxygen atoms in total. The molecule has 4 rings (SSSR count). The van der Waals surface area contributed by atoms with E-state index in [4.69, 9.17) is 9.26 Å². The molecule has 1 aromatic carbocycles. The predicted molar refractivity (Wildman–Crippen MR) is 127 cm³/mol. The van der Waals surface area contributed by atoms with Crippen LogP contribution in [-0.2, 0) is 25.5 Å². The summed E-state index contributed by atoms with van der Waals surface area (Å²) in [6.45, 7) is 7.63. The highest BCUT2D eigenvalue weighted by Crippen LogP contribution is 2.59. The quantitative estimate of drug-likeness (QED) is 0.421. The Kier molecular flexibility index (Phi) is 6.18. The average Bonchev–Trinajstić information content (AvgIpc) is 3.19. The van der Waals surface area contributed by atoms with Crippen LogP contribution >= 0.6 is 11.3 Å². The van der Waals surface area contributed by atoms with Crippen molar-refractivity contribution in [2.75, 3.05) is 0 Å². The average molecular weight is 525 g/mol. The lowest BCUT2D eigenvalue weighted by Crippen LogP contribution is -2.48. The first-order chi connectivity index (χ1) is 16.1. The summed E-state index contributed by atoms with van der Waals surface area (Å²) in [4.78, 5) is 13.7. The molecule has 2 heterocycles. The molecule has 11 heteroatoms. The molecule has 0 aliphatic heterocycles. The van der Waals surface area contributed by atoms with E-state index < -0.39 is 44.7 Å². The number of alkyl halides is 2. The molecular formula is C24H26F2N2O5S2. The van der Waals surface area contributed by atoms with Crippen LogP contribution in [0.3, 0.4) is 0 Å². The SMILES string of the molecule is C[C@@H]1[C@H](c2ccccc2)[C@]1(NS(=O)(=O)c1ccc(-c2cc(C(C)(F)F)on2)s1)C(=O)OC(C)(C)C. The van der Waals surface area contributed by atoms with Gasteiger partial charge in [0.2, 0.25) is 5.76 Å². The minimum atomic E-state index is -4.18. The van der Waals surface area contributed by atoms with Crippen molar-refractivity contribution in [3.05, 3.63) is 59.9 Å². The van der Waals surface area contributed by atoms with Gasteiger partial charge in [-0.1, -0.05) is 42.4 Å². The Morgan fingerprint density at radius 1 is 1.14 bits per heavy atom. The second kappa shape index (κ2) is 8.49. The van der Waals surface area contributed by atoms with Gasteiger partial charge in [-0.2, -0.15) is 13.5 Å². The van der Waals surface area contributed by atoms with Gasteiger partial charge in [0.05, 0.1) is 4.88 Å². The van der Waals surface area contributed by atoms with E-state index in [1.54, 1.807) is 27.7 Å². The van der Waals surface area contributed by atoms with Crippen molar-refractivity contribution in [1.29, 1.82) is 0 Å². The van der Waals surface area contributed by atoms with Gasteiger partial charge in [-0.15, -0.1) is 11.3 Å². The Morgan fingerprint density at radius 2 is 1.80 bits per heavy atom. The molecule has 0 amide bonds. The molecule has 1 N–H and O–H groups in total. The van der Waals surface area contributed by atoms with Gasteiger partial charge < -0.3 is 9.26 Å². The minimum Gasteiger partial charge on any atom is -0.459 e. The molecule has 3 atom stereocenters. The lowest BCUT2D eigenvalue weighted by molar-refractivity contribution is -0.158. The number of carbonyl (C=O) groups is 1. The standard InChI is InChI=1S/C24H26F2N2O5S2/c1-14-20(15-9-7-6-8-10-15)24(14,21(29)32-22(2,3)4)28-35(30,31)19-12-11-17(34-19)16-13-18(33-27-16)23(5,25)26/h6-14,20,28H,1-5H3/t14-,20-,24+/m1/s1. The van der Waals surface area contributed by atoms with Crippen LogP contribution in [0.2, 0.25) is 0 Å². The molecule has 2 aromatic heterocycles. The fraction of sp³-hybridized carbons (Fsp3) is 0.417. The van der Waals surface area contributed by atoms with E-state index in [1.807, 2.05) is 30.3 Å². The maximum absolute atomic E-state index is 13.5. The number of nitrogens with one attached hydrogen (secondary N) is 1. The number of thiophene rings is 1. The summed E-state index contributed by atoms with van der Waals surface area (Å²) < 4.78 is 66.7. The van der Waals surface area contributed by atoms with Crippen molar-refractivity contribution in [2.24, 2.45) is 5.92 Å². The first-order valence-corrected chi connectivity index (χ1v) is 13.2. The normalized spacial score (nSPS) is 22.7. The molecule has 1 fully saturated rings. The van der Waals surface area contributed by atoms with Crippen LogP contribution in [0.1, 0.15) is 51.9 Å².